The first-order valence-electron chi connectivity index (χ1n) is 46.4. The van der Waals surface area contributed by atoms with Crippen molar-refractivity contribution in [3.05, 3.63) is 344 Å². The molecule has 1 saturated heterocycles. The monoisotopic (exact) mass is 1880 g/mol. The van der Waals surface area contributed by atoms with Gasteiger partial charge in [-0.25, -0.2) is 23.4 Å². The number of methoxy groups -OCH3 is 2. The number of nitrogens with zero attached hydrogens (tertiary/aromatic N) is 13. The van der Waals surface area contributed by atoms with Gasteiger partial charge >= 0.3 is 0 Å². The first-order chi connectivity index (χ1) is 65.0. The summed E-state index contributed by atoms with van der Waals surface area (Å²) in [6.07, 6.45) is 9.77. The molecule has 136 heavy (non-hydrogen) atoms. The summed E-state index contributed by atoms with van der Waals surface area (Å²) in [5.74, 6) is 9.23. The van der Waals surface area contributed by atoms with Gasteiger partial charge in [0, 0.05) is 95.0 Å². The highest BCUT2D eigenvalue weighted by molar-refractivity contribution is 7.15. The highest BCUT2D eigenvalue weighted by atomic mass is 35.5. The van der Waals surface area contributed by atoms with Crippen LogP contribution in [0, 0.1) is 33.5 Å². The first-order valence-corrected chi connectivity index (χ1v) is 47.6. The van der Waals surface area contributed by atoms with Crippen LogP contribution in [0.2, 0.25) is 5.02 Å². The molecule has 0 bridgehead atoms. The van der Waals surface area contributed by atoms with Crippen LogP contribution in [0.1, 0.15) is 266 Å². The van der Waals surface area contributed by atoms with Gasteiger partial charge in [-0.1, -0.05) is 246 Å². The largest absolute Gasteiger partial charge is 0.497 e. The molecule has 0 saturated carbocycles. The second-order valence-corrected chi connectivity index (χ2v) is 37.3. The van der Waals surface area contributed by atoms with Crippen LogP contribution in [0.3, 0.4) is 0 Å². The molecule has 0 aliphatic carbocycles. The zero-order chi connectivity index (χ0) is 98.7. The molecule has 718 valence electrons. The standard InChI is InChI=1S/C14H19NO2.C14H17NS.C13H16N2O2.2C13H15NO2.C12H13FN2.C12H14N2.C11H15N3O.C9H11Cl/c1-11(2)12-3-5-13(6-4-12)14(16)15-7-9-17-10-8-15;1-9(2)13-11(4)15-14(16-13)12-7-5-10(3)6-8-12;1-9(2)11-4-6-12(7-5-11)16-8-13-10(3)14-17-15-13;1-9(2)13-8-12(14-16-13)10-4-6-11(15-3)7-5-10;1-9(2)12-8-13(16-14-12)10-4-6-11(15-3)7-5-10;1-9(2)10-7-14-15(8-10)12-5-3-11(13)4-6-12;1-10(2)11-8-13-14(9-11)12-6-4-3-5-7-12;1-7(2)10-5-11(15-13-10)9-6-14(4)12-8(9)3;1-7(2)8-3-5-9(10)6-4-8/h3-6,11H,7-10H2,1-2H3;5-9H,1-4H3;4-7,9H,8H2,1-3H3;2*4-9H,1-3H3;3-9H,1-2H3;3-10H,1-2H3;5-7H,1-4H3;3-7H,1-2H3. The molecule has 1 fully saturated rings. The first kappa shape index (κ1) is 107. The molecule has 0 unspecified atom stereocenters. The lowest BCUT2D eigenvalue weighted by molar-refractivity contribution is 0.0303. The summed E-state index contributed by atoms with van der Waals surface area (Å²) in [5.41, 5.74) is 21.2. The van der Waals surface area contributed by atoms with Gasteiger partial charge < -0.3 is 37.4 Å². The Kier molecular flexibility index (Phi) is 41.7. The summed E-state index contributed by atoms with van der Waals surface area (Å²) in [4.78, 5) is 20.1. The zero-order valence-corrected chi connectivity index (χ0v) is 85.1. The molecule has 25 heteroatoms. The number of aromatic nitrogens is 12. The van der Waals surface area contributed by atoms with Crippen LogP contribution in [0.5, 0.6) is 17.2 Å². The van der Waals surface area contributed by atoms with E-state index >= 15 is 0 Å². The fourth-order valence-corrected chi connectivity index (χ4v) is 14.4. The molecule has 1 aliphatic rings. The second kappa shape index (κ2) is 53.2. The van der Waals surface area contributed by atoms with Gasteiger partial charge in [0.1, 0.15) is 57.5 Å². The van der Waals surface area contributed by atoms with E-state index in [4.69, 9.17) is 44.1 Å². The van der Waals surface area contributed by atoms with E-state index < -0.39 is 0 Å². The smallest absolute Gasteiger partial charge is 0.254 e. The van der Waals surface area contributed by atoms with E-state index in [1.807, 2.05) is 200 Å². The van der Waals surface area contributed by atoms with E-state index in [0.717, 1.165) is 112 Å². The average molecular weight is 1880 g/mol. The third kappa shape index (κ3) is 33.1. The molecule has 0 atom stereocenters. The Morgan fingerprint density at radius 3 is 1.38 bits per heavy atom. The summed E-state index contributed by atoms with van der Waals surface area (Å²) in [7, 11) is 5.21. The molecular weight excluding hydrogens is 1750 g/mol. The number of aryl methyl sites for hydroxylation is 5. The van der Waals surface area contributed by atoms with E-state index in [1.54, 1.807) is 35.7 Å². The van der Waals surface area contributed by atoms with E-state index in [-0.39, 0.29) is 11.7 Å². The minimum atomic E-state index is -0.227. The summed E-state index contributed by atoms with van der Waals surface area (Å²) in [6.45, 7) is 49.6. The summed E-state index contributed by atoms with van der Waals surface area (Å²) < 4.78 is 59.7. The number of halogens is 2. The SMILES string of the molecule is CC(C)c1ccc(C(=O)N2CCOCC2)cc1.CC(C)c1ccc(Cl)cc1.CC(C)c1cnn(-c2ccc(F)cc2)c1.CC(C)c1cnn(-c2ccccc2)c1.COc1ccc(-c2cc(C(C)C)no2)cc1.COc1ccc(-c2cc(C(C)C)on2)cc1.Cc1ccc(-c2nc(C)c(C(C)C)s2)cc1.Cc1nn(C)cc1-c1cc(C(C)C)no1.Cc1nonc1COc1ccc(C(C)C)cc1. The average Bonchev–Trinajstić information content (AvgIpc) is 1.81. The fourth-order valence-electron chi connectivity index (χ4n) is 13.2. The van der Waals surface area contributed by atoms with Crippen LogP contribution in [0.15, 0.2) is 268 Å². The maximum absolute atomic E-state index is 12.7. The minimum Gasteiger partial charge on any atom is -0.497 e. The molecule has 0 spiro atoms. The lowest BCUT2D eigenvalue weighted by atomic mass is 10.0. The van der Waals surface area contributed by atoms with Crippen LogP contribution in [-0.4, -0.2) is 111 Å². The molecule has 0 N–H and O–H groups in total. The van der Waals surface area contributed by atoms with Gasteiger partial charge in [0.15, 0.2) is 11.5 Å². The maximum Gasteiger partial charge on any atom is 0.254 e. The highest BCUT2D eigenvalue weighted by Crippen LogP contribution is 2.34. The number of hydrogen-bond donors (Lipinski definition) is 0. The van der Waals surface area contributed by atoms with Crippen molar-refractivity contribution in [1.82, 2.24) is 65.0 Å². The fraction of sp³-hybridized carbons (Fsp3) is 0.351. The topological polar surface area (TPSA) is 241 Å². The van der Waals surface area contributed by atoms with Gasteiger partial charge in [0.2, 0.25) is 0 Å². The lowest BCUT2D eigenvalue weighted by Gasteiger charge is -2.26. The Balaban J connectivity index is 0.000000172. The number of benzene rings is 8. The Morgan fingerprint density at radius 2 is 0.934 bits per heavy atom. The molecule has 8 aromatic heterocycles. The molecule has 16 aromatic rings. The quantitative estimate of drug-likeness (QED) is 0.0649. The van der Waals surface area contributed by atoms with Crippen molar-refractivity contribution in [2.45, 2.75) is 212 Å². The van der Waals surface area contributed by atoms with Crippen LogP contribution in [0.4, 0.5) is 4.39 Å². The van der Waals surface area contributed by atoms with Gasteiger partial charge in [0.05, 0.1) is 79.5 Å². The number of thiazole rings is 1. The van der Waals surface area contributed by atoms with Gasteiger partial charge in [-0.15, -0.1) is 11.3 Å². The lowest BCUT2D eigenvalue weighted by Crippen LogP contribution is -2.40. The molecule has 0 radical (unpaired) electrons. The normalized spacial score (nSPS) is 11.5. The number of rotatable bonds is 21. The van der Waals surface area contributed by atoms with Crippen LogP contribution in [0.25, 0.3) is 55.9 Å². The van der Waals surface area contributed by atoms with Crippen LogP contribution >= 0.6 is 22.9 Å². The van der Waals surface area contributed by atoms with Gasteiger partial charge in [-0.05, 0) is 224 Å². The Bertz CT molecular complexity index is 6050. The van der Waals surface area contributed by atoms with E-state index in [9.17, 15) is 9.18 Å². The zero-order valence-electron chi connectivity index (χ0n) is 83.6. The van der Waals surface area contributed by atoms with Crippen LogP contribution in [-0.2, 0) is 18.4 Å². The van der Waals surface area contributed by atoms with Gasteiger partial charge in [0.25, 0.3) is 5.91 Å². The molecule has 1 amide bonds. The third-order valence-corrected chi connectivity index (χ3v) is 23.8. The maximum atomic E-state index is 12.7. The third-order valence-electron chi connectivity index (χ3n) is 22.0. The second-order valence-electron chi connectivity index (χ2n) is 35.8. The molecular formula is C111H135ClFN13O9S. The highest BCUT2D eigenvalue weighted by Gasteiger charge is 2.21. The Hall–Kier alpha value is -13.2. The Labute approximate surface area is 811 Å². The van der Waals surface area contributed by atoms with Crippen molar-refractivity contribution in [2.24, 2.45) is 7.05 Å². The molecule has 1 aliphatic heterocycles. The van der Waals surface area contributed by atoms with E-state index in [1.165, 1.54) is 61.6 Å². The van der Waals surface area contributed by atoms with E-state index in [0.29, 0.717) is 86.2 Å². The number of morpholine rings is 1. The number of carbonyl (C=O) groups excluding carboxylic acids is 1. The predicted molar refractivity (Wildman–Crippen MR) is 546 cm³/mol. The van der Waals surface area contributed by atoms with Crippen molar-refractivity contribution >= 4 is 28.8 Å². The van der Waals surface area contributed by atoms with Crippen molar-refractivity contribution in [2.75, 3.05) is 40.5 Å². The van der Waals surface area contributed by atoms with Crippen LogP contribution < -0.4 is 14.2 Å². The molecule has 8 aromatic carbocycles. The number of carbonyl (C=O) groups is 1. The predicted octanol–water partition coefficient (Wildman–Crippen LogP) is 29.0. The van der Waals surface area contributed by atoms with Crippen molar-refractivity contribution in [3.8, 4) is 73.1 Å². The Morgan fingerprint density at radius 1 is 0.456 bits per heavy atom. The number of hydrogen-bond acceptors (Lipinski definition) is 19. The minimum absolute atomic E-state index is 0.114. The van der Waals surface area contributed by atoms with Crippen molar-refractivity contribution in [3.63, 3.8) is 0 Å². The number of ether oxygens (including phenoxy) is 4. The summed E-state index contributed by atoms with van der Waals surface area (Å²) in [5, 5.41) is 34.3. The summed E-state index contributed by atoms with van der Waals surface area (Å²) in [6, 6.07) is 70.5. The van der Waals surface area contributed by atoms with Gasteiger partial charge in [-0.2, -0.15) is 15.3 Å². The number of amides is 1. The number of para-hydroxylation sites is 1. The van der Waals surface area contributed by atoms with Gasteiger partial charge in [-0.3, -0.25) is 9.48 Å². The molecule has 22 nitrogen and oxygen atoms in total. The van der Waals surface area contributed by atoms with Crippen molar-refractivity contribution < 1.29 is 46.3 Å². The molecule has 9 heterocycles. The van der Waals surface area contributed by atoms with Crippen molar-refractivity contribution in [1.29, 1.82) is 0 Å². The summed E-state index contributed by atoms with van der Waals surface area (Å²) >= 11 is 7.53. The molecule has 17 rings (SSSR count). The van der Waals surface area contributed by atoms with E-state index in [2.05, 4.69) is 256 Å².